The minimum atomic E-state index is -1.54. The van der Waals surface area contributed by atoms with Gasteiger partial charge in [-0.25, -0.2) is 13.2 Å². The lowest BCUT2D eigenvalue weighted by atomic mass is 9.80. The molecule has 1 aromatic heterocycles. The Kier molecular flexibility index (Phi) is 8.59. The van der Waals surface area contributed by atoms with Crippen molar-refractivity contribution in [1.82, 2.24) is 15.2 Å². The van der Waals surface area contributed by atoms with Gasteiger partial charge in [-0.05, 0) is 85.8 Å². The van der Waals surface area contributed by atoms with E-state index in [0.29, 0.717) is 31.8 Å². The molecule has 1 atom stereocenters. The number of carbonyl (C=O) groups is 2. The van der Waals surface area contributed by atoms with Gasteiger partial charge >= 0.3 is 5.97 Å². The molecule has 212 valence electrons. The minimum absolute atomic E-state index is 0.0205. The number of hydrogen-bond donors (Lipinski definition) is 2. The summed E-state index contributed by atoms with van der Waals surface area (Å²) < 4.78 is 45.2. The number of benzene rings is 2. The molecule has 1 saturated carbocycles. The van der Waals surface area contributed by atoms with Gasteiger partial charge in [0.05, 0.1) is 7.11 Å². The van der Waals surface area contributed by atoms with Crippen molar-refractivity contribution in [3.05, 3.63) is 77.2 Å². The lowest BCUT2D eigenvalue weighted by Crippen LogP contribution is -2.52. The number of piperidine rings is 1. The first-order chi connectivity index (χ1) is 19.3. The number of nitrogens with zero attached hydrogens (tertiary/aromatic N) is 1. The summed E-state index contributed by atoms with van der Waals surface area (Å²) in [5.41, 5.74) is 2.58. The lowest BCUT2D eigenvalue weighted by molar-refractivity contribution is -0.145. The second-order valence-corrected chi connectivity index (χ2v) is 10.8. The molecule has 3 aromatic rings. The number of ether oxygens (including phenoxy) is 1. The van der Waals surface area contributed by atoms with Crippen LogP contribution in [0.3, 0.4) is 0 Å². The number of aromatic amines is 1. The van der Waals surface area contributed by atoms with Crippen LogP contribution in [-0.2, 0) is 14.3 Å². The molecule has 5 rings (SSSR count). The number of amides is 1. The van der Waals surface area contributed by atoms with Gasteiger partial charge in [-0.15, -0.1) is 0 Å². The number of likely N-dealkylation sites (tertiary alicyclic amines) is 1. The monoisotopic (exact) mass is 553 g/mol. The van der Waals surface area contributed by atoms with Crippen LogP contribution in [0.5, 0.6) is 0 Å². The van der Waals surface area contributed by atoms with E-state index in [1.165, 1.54) is 30.2 Å². The third-order valence-corrected chi connectivity index (χ3v) is 8.41. The molecule has 2 heterocycles. The van der Waals surface area contributed by atoms with E-state index in [2.05, 4.69) is 34.7 Å². The molecule has 0 radical (unpaired) electrons. The van der Waals surface area contributed by atoms with Crippen LogP contribution in [-0.4, -0.2) is 54.0 Å². The van der Waals surface area contributed by atoms with Gasteiger partial charge in [0, 0.05) is 42.3 Å². The van der Waals surface area contributed by atoms with E-state index in [1.807, 2.05) is 6.07 Å². The van der Waals surface area contributed by atoms with E-state index >= 15 is 0 Å². The molecule has 2 aromatic carbocycles. The SMILES string of the molecule is COC(=O)C(NC1CCC(c2c[nH]c3ccccc23)CC1)C1CCN(C(=O)C=Cc2cc(F)c(F)c(F)c2)CC1. The van der Waals surface area contributed by atoms with Crippen LogP contribution in [0.15, 0.2) is 48.7 Å². The van der Waals surface area contributed by atoms with E-state index in [4.69, 9.17) is 4.74 Å². The predicted molar refractivity (Wildman–Crippen MR) is 147 cm³/mol. The van der Waals surface area contributed by atoms with Crippen molar-refractivity contribution in [2.45, 2.75) is 56.5 Å². The van der Waals surface area contributed by atoms with Crippen LogP contribution in [0.4, 0.5) is 13.2 Å². The lowest BCUT2D eigenvalue weighted by Gasteiger charge is -2.38. The summed E-state index contributed by atoms with van der Waals surface area (Å²) in [6.07, 6.45) is 9.87. The first-order valence-electron chi connectivity index (χ1n) is 13.9. The maximum absolute atomic E-state index is 13.5. The Bertz CT molecular complexity index is 1370. The van der Waals surface area contributed by atoms with Crippen LogP contribution < -0.4 is 5.32 Å². The number of methoxy groups -OCH3 is 1. The summed E-state index contributed by atoms with van der Waals surface area (Å²) in [4.78, 5) is 30.5. The molecule has 1 aliphatic heterocycles. The molecule has 40 heavy (non-hydrogen) atoms. The molecule has 2 fully saturated rings. The molecule has 9 heteroatoms. The molecule has 1 aliphatic carbocycles. The smallest absolute Gasteiger partial charge is 0.323 e. The zero-order valence-electron chi connectivity index (χ0n) is 22.5. The fourth-order valence-corrected chi connectivity index (χ4v) is 6.18. The van der Waals surface area contributed by atoms with Crippen LogP contribution in [0.1, 0.15) is 55.6 Å². The molecule has 2 N–H and O–H groups in total. The van der Waals surface area contributed by atoms with Crippen LogP contribution in [0.2, 0.25) is 0 Å². The molecular formula is C31H34F3N3O3. The maximum atomic E-state index is 13.5. The average molecular weight is 554 g/mol. The van der Waals surface area contributed by atoms with E-state index in [-0.39, 0.29) is 29.4 Å². The number of H-pyrrole nitrogens is 1. The van der Waals surface area contributed by atoms with Crippen molar-refractivity contribution >= 4 is 28.9 Å². The number of esters is 1. The molecular weight excluding hydrogens is 519 g/mol. The zero-order chi connectivity index (χ0) is 28.2. The van der Waals surface area contributed by atoms with Crippen molar-refractivity contribution in [2.24, 2.45) is 5.92 Å². The van der Waals surface area contributed by atoms with Gasteiger partial charge in [0.2, 0.25) is 5.91 Å². The summed E-state index contributed by atoms with van der Waals surface area (Å²) in [6, 6.07) is 9.80. The molecule has 0 spiro atoms. The standard InChI is InChI=1S/C31H34F3N3O3/c1-40-31(39)30(36-22-9-7-20(8-10-22)24-18-35-27-5-3-2-4-23(24)27)21-12-14-37(15-13-21)28(38)11-6-19-16-25(32)29(34)26(33)17-19/h2-6,11,16-18,20-22,30,35-36H,7-10,12-15H2,1H3. The van der Waals surface area contributed by atoms with Gasteiger partial charge in [0.1, 0.15) is 6.04 Å². The summed E-state index contributed by atoms with van der Waals surface area (Å²) in [5.74, 6) is -4.24. The molecule has 2 aliphatic rings. The third kappa shape index (κ3) is 6.09. The molecule has 1 amide bonds. The second-order valence-electron chi connectivity index (χ2n) is 10.8. The van der Waals surface area contributed by atoms with Crippen LogP contribution >= 0.6 is 0 Å². The molecule has 1 unspecified atom stereocenters. The van der Waals surface area contributed by atoms with E-state index in [9.17, 15) is 22.8 Å². The predicted octanol–water partition coefficient (Wildman–Crippen LogP) is 5.69. The number of nitrogens with one attached hydrogen (secondary N) is 2. The quantitative estimate of drug-likeness (QED) is 0.224. The summed E-state index contributed by atoms with van der Waals surface area (Å²) in [6.45, 7) is 0.894. The zero-order valence-corrected chi connectivity index (χ0v) is 22.5. The number of fused-ring (bicyclic) bond motifs is 1. The van der Waals surface area contributed by atoms with E-state index in [1.54, 1.807) is 4.90 Å². The summed E-state index contributed by atoms with van der Waals surface area (Å²) in [7, 11) is 1.40. The van der Waals surface area contributed by atoms with E-state index in [0.717, 1.165) is 43.3 Å². The van der Waals surface area contributed by atoms with Crippen LogP contribution in [0.25, 0.3) is 17.0 Å². The third-order valence-electron chi connectivity index (χ3n) is 8.41. The number of hydrogen-bond acceptors (Lipinski definition) is 4. The highest BCUT2D eigenvalue weighted by Crippen LogP contribution is 2.37. The Morgan fingerprint density at radius 3 is 2.38 bits per heavy atom. The fourth-order valence-electron chi connectivity index (χ4n) is 6.18. The Labute approximate surface area is 231 Å². The van der Waals surface area contributed by atoms with Crippen molar-refractivity contribution in [2.75, 3.05) is 20.2 Å². The first kappa shape index (κ1) is 28.0. The van der Waals surface area contributed by atoms with Gasteiger partial charge in [0.25, 0.3) is 0 Å². The number of aromatic nitrogens is 1. The van der Waals surface area contributed by atoms with E-state index < -0.39 is 23.5 Å². The van der Waals surface area contributed by atoms with Gasteiger partial charge in [-0.2, -0.15) is 0 Å². The minimum Gasteiger partial charge on any atom is -0.468 e. The van der Waals surface area contributed by atoms with Crippen molar-refractivity contribution in [3.63, 3.8) is 0 Å². The highest BCUT2D eigenvalue weighted by Gasteiger charge is 2.35. The Hall–Kier alpha value is -3.59. The second kappa shape index (κ2) is 12.3. The average Bonchev–Trinajstić information content (AvgIpc) is 3.41. The number of halogens is 3. The number of carbonyl (C=O) groups excluding carboxylic acids is 2. The normalized spacial score (nSPS) is 21.1. The Morgan fingerprint density at radius 1 is 1.02 bits per heavy atom. The largest absolute Gasteiger partial charge is 0.468 e. The van der Waals surface area contributed by atoms with Crippen molar-refractivity contribution in [3.8, 4) is 0 Å². The van der Waals surface area contributed by atoms with Gasteiger partial charge in [-0.1, -0.05) is 18.2 Å². The molecule has 0 bridgehead atoms. The highest BCUT2D eigenvalue weighted by molar-refractivity contribution is 5.92. The van der Waals surface area contributed by atoms with Gasteiger partial charge in [0.15, 0.2) is 17.5 Å². The highest BCUT2D eigenvalue weighted by atomic mass is 19.2. The maximum Gasteiger partial charge on any atom is 0.323 e. The Morgan fingerprint density at radius 2 is 1.70 bits per heavy atom. The van der Waals surface area contributed by atoms with Crippen LogP contribution in [0, 0.1) is 23.4 Å². The van der Waals surface area contributed by atoms with Gasteiger partial charge in [-0.3, -0.25) is 9.59 Å². The van der Waals surface area contributed by atoms with Crippen molar-refractivity contribution < 1.29 is 27.5 Å². The summed E-state index contributed by atoms with van der Waals surface area (Å²) in [5, 5.41) is 4.86. The molecule has 1 saturated heterocycles. The summed E-state index contributed by atoms with van der Waals surface area (Å²) >= 11 is 0. The number of rotatable bonds is 7. The fraction of sp³-hybridized carbons (Fsp3) is 0.419. The number of para-hydroxylation sites is 1. The first-order valence-corrected chi connectivity index (χ1v) is 13.9. The Balaban J connectivity index is 1.15. The van der Waals surface area contributed by atoms with Gasteiger partial charge < -0.3 is 19.9 Å². The van der Waals surface area contributed by atoms with Crippen molar-refractivity contribution in [1.29, 1.82) is 0 Å². The molecule has 6 nitrogen and oxygen atoms in total. The topological polar surface area (TPSA) is 74.4 Å².